The molecule has 2 aromatic carbocycles. The number of hydrogen-bond acceptors (Lipinski definition) is 6. The zero-order valence-electron chi connectivity index (χ0n) is 14.2. The number of aromatic nitrogens is 2. The minimum atomic E-state index is -1.10. The Bertz CT molecular complexity index is 1270. The van der Waals surface area contributed by atoms with Crippen LogP contribution in [0.4, 0.5) is 0 Å². The van der Waals surface area contributed by atoms with Crippen molar-refractivity contribution >= 4 is 39.4 Å². The second-order valence-electron chi connectivity index (χ2n) is 5.70. The minimum absolute atomic E-state index is 0.185. The van der Waals surface area contributed by atoms with Crippen LogP contribution in [-0.2, 0) is 4.79 Å². The van der Waals surface area contributed by atoms with Crippen LogP contribution in [-0.4, -0.2) is 34.2 Å². The quantitative estimate of drug-likeness (QED) is 0.567. The molecule has 0 unspecified atom stereocenters. The largest absolute Gasteiger partial charge is 0.493 e. The van der Waals surface area contributed by atoms with E-state index in [4.69, 9.17) is 14.6 Å². The van der Waals surface area contributed by atoms with Gasteiger partial charge in [0, 0.05) is 5.56 Å². The van der Waals surface area contributed by atoms with Gasteiger partial charge in [-0.05, 0) is 24.3 Å². The lowest BCUT2D eigenvalue weighted by Crippen LogP contribution is -2.22. The number of para-hydroxylation sites is 3. The molecule has 0 fully saturated rings. The second-order valence-corrected chi connectivity index (χ2v) is 6.70. The number of aliphatic carboxylic acids is 1. The van der Waals surface area contributed by atoms with E-state index in [2.05, 4.69) is 4.98 Å². The molecule has 8 heteroatoms. The van der Waals surface area contributed by atoms with Crippen LogP contribution in [0.1, 0.15) is 5.56 Å². The van der Waals surface area contributed by atoms with Crippen molar-refractivity contribution < 1.29 is 19.4 Å². The van der Waals surface area contributed by atoms with Crippen LogP contribution in [0.15, 0.2) is 47.3 Å². The molecule has 7 nitrogen and oxygen atoms in total. The Balaban J connectivity index is 1.90. The maximum absolute atomic E-state index is 12.9. The first-order valence-corrected chi connectivity index (χ1v) is 8.83. The standard InChI is InChI=1S/C19H14N2O5S/c1-25-14-8-4-5-11(17(14)26-10-16(22)23)9-15-18(24)21-13-7-3-2-6-12(13)20-19(21)27-15/h2-9H,10H2,1H3,(H,22,23). The molecule has 0 aliphatic carbocycles. The number of carboxylic acids is 1. The normalized spacial score (nSPS) is 12.0. The van der Waals surface area contributed by atoms with E-state index in [1.54, 1.807) is 28.7 Å². The lowest BCUT2D eigenvalue weighted by Gasteiger charge is -2.11. The number of carboxylic acid groups (broad SMARTS) is 1. The second kappa shape index (κ2) is 6.73. The number of benzene rings is 2. The molecule has 2 heterocycles. The van der Waals surface area contributed by atoms with E-state index in [9.17, 15) is 9.59 Å². The SMILES string of the molecule is COc1cccc(C=c2sc3nc4ccccc4n3c2=O)c1OCC(=O)O. The molecular weight excluding hydrogens is 368 g/mol. The zero-order valence-corrected chi connectivity index (χ0v) is 15.0. The van der Waals surface area contributed by atoms with Crippen molar-refractivity contribution in [3.05, 3.63) is 62.9 Å². The van der Waals surface area contributed by atoms with Gasteiger partial charge in [0.2, 0.25) is 0 Å². The van der Waals surface area contributed by atoms with Gasteiger partial charge in [0.05, 0.1) is 22.7 Å². The van der Waals surface area contributed by atoms with Gasteiger partial charge in [-0.2, -0.15) is 0 Å². The Morgan fingerprint density at radius 3 is 2.85 bits per heavy atom. The van der Waals surface area contributed by atoms with Gasteiger partial charge in [-0.1, -0.05) is 35.6 Å². The van der Waals surface area contributed by atoms with E-state index in [0.29, 0.717) is 20.8 Å². The predicted octanol–water partition coefficient (Wildman–Crippen LogP) is 1.93. The van der Waals surface area contributed by atoms with E-state index in [1.807, 2.05) is 24.3 Å². The number of fused-ring (bicyclic) bond motifs is 3. The van der Waals surface area contributed by atoms with Crippen molar-refractivity contribution in [1.29, 1.82) is 0 Å². The van der Waals surface area contributed by atoms with Crippen LogP contribution >= 0.6 is 11.3 Å². The lowest BCUT2D eigenvalue weighted by atomic mass is 10.2. The molecule has 0 radical (unpaired) electrons. The number of rotatable bonds is 5. The van der Waals surface area contributed by atoms with Gasteiger partial charge < -0.3 is 14.6 Å². The summed E-state index contributed by atoms with van der Waals surface area (Å²) < 4.78 is 12.7. The summed E-state index contributed by atoms with van der Waals surface area (Å²) in [4.78, 5) is 28.8. The molecule has 0 atom stereocenters. The molecule has 0 aliphatic heterocycles. The molecule has 0 saturated carbocycles. The molecule has 0 amide bonds. The van der Waals surface area contributed by atoms with E-state index in [-0.39, 0.29) is 11.3 Å². The molecule has 4 aromatic rings. The van der Waals surface area contributed by atoms with E-state index in [1.165, 1.54) is 18.4 Å². The number of thiazole rings is 1. The van der Waals surface area contributed by atoms with Crippen molar-refractivity contribution in [1.82, 2.24) is 9.38 Å². The van der Waals surface area contributed by atoms with Gasteiger partial charge in [-0.3, -0.25) is 4.79 Å². The van der Waals surface area contributed by atoms with Crippen molar-refractivity contribution in [2.24, 2.45) is 0 Å². The fourth-order valence-corrected chi connectivity index (χ4v) is 3.83. The van der Waals surface area contributed by atoms with Gasteiger partial charge in [-0.25, -0.2) is 14.2 Å². The molecule has 0 saturated heterocycles. The van der Waals surface area contributed by atoms with Crippen LogP contribution in [0, 0.1) is 0 Å². The van der Waals surface area contributed by atoms with Gasteiger partial charge in [0.25, 0.3) is 5.56 Å². The van der Waals surface area contributed by atoms with Gasteiger partial charge >= 0.3 is 5.97 Å². The van der Waals surface area contributed by atoms with Crippen LogP contribution in [0.2, 0.25) is 0 Å². The van der Waals surface area contributed by atoms with Crippen LogP contribution in [0.25, 0.3) is 22.1 Å². The fraction of sp³-hybridized carbons (Fsp3) is 0.105. The van der Waals surface area contributed by atoms with Crippen molar-refractivity contribution in [2.45, 2.75) is 0 Å². The summed E-state index contributed by atoms with van der Waals surface area (Å²) in [5.74, 6) is -0.431. The van der Waals surface area contributed by atoms with Gasteiger partial charge in [0.15, 0.2) is 23.1 Å². The van der Waals surface area contributed by atoms with Crippen molar-refractivity contribution in [3.8, 4) is 11.5 Å². The van der Waals surface area contributed by atoms with E-state index < -0.39 is 12.6 Å². The first kappa shape index (κ1) is 17.0. The highest BCUT2D eigenvalue weighted by atomic mass is 32.1. The van der Waals surface area contributed by atoms with E-state index >= 15 is 0 Å². The number of ether oxygens (including phenoxy) is 2. The maximum atomic E-state index is 12.9. The monoisotopic (exact) mass is 382 g/mol. The topological polar surface area (TPSA) is 90.1 Å². The third-order valence-electron chi connectivity index (χ3n) is 4.00. The molecule has 27 heavy (non-hydrogen) atoms. The number of hydrogen-bond donors (Lipinski definition) is 1. The van der Waals surface area contributed by atoms with Crippen LogP contribution in [0.5, 0.6) is 11.5 Å². The Hall–Kier alpha value is -3.39. The van der Waals surface area contributed by atoms with Crippen molar-refractivity contribution in [3.63, 3.8) is 0 Å². The highest BCUT2D eigenvalue weighted by Gasteiger charge is 2.14. The third-order valence-corrected chi connectivity index (χ3v) is 4.97. The van der Waals surface area contributed by atoms with Crippen LogP contribution < -0.4 is 19.6 Å². The van der Waals surface area contributed by atoms with Gasteiger partial charge in [0.1, 0.15) is 0 Å². The molecule has 2 aromatic heterocycles. The summed E-state index contributed by atoms with van der Waals surface area (Å²) in [5, 5.41) is 8.90. The smallest absolute Gasteiger partial charge is 0.341 e. The number of nitrogens with zero attached hydrogens (tertiary/aromatic N) is 2. The molecule has 0 spiro atoms. The molecule has 1 N–H and O–H groups in total. The van der Waals surface area contributed by atoms with Crippen LogP contribution in [0.3, 0.4) is 0 Å². The predicted molar refractivity (Wildman–Crippen MR) is 102 cm³/mol. The Morgan fingerprint density at radius 1 is 1.26 bits per heavy atom. The molecule has 136 valence electrons. The average molecular weight is 382 g/mol. The lowest BCUT2D eigenvalue weighted by molar-refractivity contribution is -0.139. The third kappa shape index (κ3) is 3.00. The highest BCUT2D eigenvalue weighted by Crippen LogP contribution is 2.31. The van der Waals surface area contributed by atoms with Gasteiger partial charge in [-0.15, -0.1) is 0 Å². The fourth-order valence-electron chi connectivity index (χ4n) is 2.85. The molecule has 4 rings (SSSR count). The maximum Gasteiger partial charge on any atom is 0.341 e. The summed E-state index contributed by atoms with van der Waals surface area (Å²) in [6.45, 7) is -0.510. The molecular formula is C19H14N2O5S. The number of imidazole rings is 1. The average Bonchev–Trinajstić information content (AvgIpc) is 3.17. The number of carbonyl (C=O) groups is 1. The summed E-state index contributed by atoms with van der Waals surface area (Å²) >= 11 is 1.26. The highest BCUT2D eigenvalue weighted by molar-refractivity contribution is 7.15. The first-order valence-electron chi connectivity index (χ1n) is 8.02. The Kier molecular flexibility index (Phi) is 4.25. The molecule has 0 aliphatic rings. The summed E-state index contributed by atoms with van der Waals surface area (Å²) in [6, 6.07) is 12.6. The Morgan fingerprint density at radius 2 is 2.07 bits per heavy atom. The number of methoxy groups -OCH3 is 1. The summed E-state index contributed by atoms with van der Waals surface area (Å²) in [6.07, 6.45) is 1.66. The van der Waals surface area contributed by atoms with E-state index in [0.717, 1.165) is 11.0 Å². The first-order chi connectivity index (χ1) is 13.1. The Labute approximate surface area is 156 Å². The summed E-state index contributed by atoms with van der Waals surface area (Å²) in [5.41, 5.74) is 1.89. The molecule has 0 bridgehead atoms. The zero-order chi connectivity index (χ0) is 19.0. The van der Waals surface area contributed by atoms with Crippen molar-refractivity contribution in [2.75, 3.05) is 13.7 Å². The minimum Gasteiger partial charge on any atom is -0.493 e. The summed E-state index contributed by atoms with van der Waals surface area (Å²) in [7, 11) is 1.47.